The van der Waals surface area contributed by atoms with Gasteiger partial charge in [0.25, 0.3) is 0 Å². The molecule has 2 aromatic heterocycles. The maximum absolute atomic E-state index is 12.4. The summed E-state index contributed by atoms with van der Waals surface area (Å²) < 4.78 is 6.23. The Morgan fingerprint density at radius 2 is 1.90 bits per heavy atom. The lowest BCUT2D eigenvalue weighted by Crippen LogP contribution is -2.29. The molecule has 0 saturated heterocycles. The molecular formula is C31H42N8O2. The molecular weight excluding hydrogens is 516 g/mol. The fourth-order valence-corrected chi connectivity index (χ4v) is 4.79. The average molecular weight is 559 g/mol. The molecule has 1 aliphatic rings. The van der Waals surface area contributed by atoms with Crippen molar-refractivity contribution in [2.45, 2.75) is 46.1 Å². The largest absolute Gasteiger partial charge is 0.489 e. The van der Waals surface area contributed by atoms with Gasteiger partial charge in [0, 0.05) is 50.1 Å². The average Bonchev–Trinajstić information content (AvgIpc) is 3.18. The van der Waals surface area contributed by atoms with Crippen LogP contribution in [0.25, 0.3) is 0 Å². The van der Waals surface area contributed by atoms with Crippen LogP contribution < -0.4 is 25.2 Å². The van der Waals surface area contributed by atoms with Crippen molar-refractivity contribution >= 4 is 40.4 Å². The van der Waals surface area contributed by atoms with Crippen LogP contribution in [0.5, 0.6) is 5.75 Å². The summed E-state index contributed by atoms with van der Waals surface area (Å²) in [6, 6.07) is 9.83. The molecule has 0 bridgehead atoms. The summed E-state index contributed by atoms with van der Waals surface area (Å²) in [6.07, 6.45) is 2.92. The summed E-state index contributed by atoms with van der Waals surface area (Å²) >= 11 is 0. The third-order valence-electron chi connectivity index (χ3n) is 6.86. The lowest BCUT2D eigenvalue weighted by molar-refractivity contribution is -0.111. The fraction of sp³-hybridized carbons (Fsp3) is 0.419. The van der Waals surface area contributed by atoms with Gasteiger partial charge in [-0.3, -0.25) is 9.78 Å². The molecule has 2 N–H and O–H groups in total. The topological polar surface area (TPSA) is 98.8 Å². The Morgan fingerprint density at radius 3 is 2.59 bits per heavy atom. The van der Waals surface area contributed by atoms with E-state index in [2.05, 4.69) is 56.8 Å². The van der Waals surface area contributed by atoms with Crippen molar-refractivity contribution in [3.63, 3.8) is 0 Å². The van der Waals surface area contributed by atoms with Gasteiger partial charge in [0.1, 0.15) is 11.6 Å². The summed E-state index contributed by atoms with van der Waals surface area (Å²) in [7, 11) is 6.05. The monoisotopic (exact) mass is 558 g/mol. The molecule has 3 aromatic rings. The minimum absolute atomic E-state index is 0.0735. The van der Waals surface area contributed by atoms with E-state index in [0.29, 0.717) is 23.1 Å². The summed E-state index contributed by atoms with van der Waals surface area (Å²) in [5.41, 5.74) is 5.09. The molecule has 1 aliphatic heterocycles. The number of likely N-dealkylation sites (N-methyl/N-ethyl adjacent to an activating group) is 2. The number of ether oxygens (including phenoxy) is 1. The molecule has 0 radical (unpaired) electrons. The van der Waals surface area contributed by atoms with Crippen molar-refractivity contribution in [1.82, 2.24) is 19.9 Å². The second-order valence-electron chi connectivity index (χ2n) is 11.6. The van der Waals surface area contributed by atoms with Crippen molar-refractivity contribution in [2.75, 3.05) is 61.2 Å². The number of rotatable bonds is 11. The predicted octanol–water partition coefficient (Wildman–Crippen LogP) is 5.26. The number of amides is 1. The number of hydrogen-bond donors (Lipinski definition) is 2. The number of aromatic nitrogens is 3. The standard InChI is InChI=1S/C31H42N8O2/c1-10-28(40)34-22-17-23(26(41-20(2)3)18-25(22)38(9)16-15-37(7)8)35-30-32-14-13-27(36-30)39-19-31(5,6)29-24(39)12-11-21(4)33-29/h10-14,17-18,20H,1,15-16,19H2,2-9H3,(H,34,40)(H,32,35,36). The first-order valence-corrected chi connectivity index (χ1v) is 13.9. The number of hydrogen-bond acceptors (Lipinski definition) is 9. The molecule has 0 saturated carbocycles. The lowest BCUT2D eigenvalue weighted by Gasteiger charge is -2.26. The van der Waals surface area contributed by atoms with Crippen LogP contribution in [0.15, 0.2) is 49.2 Å². The minimum Gasteiger partial charge on any atom is -0.489 e. The number of aryl methyl sites for hydroxylation is 1. The molecule has 10 nitrogen and oxygen atoms in total. The molecule has 10 heteroatoms. The highest BCUT2D eigenvalue weighted by Gasteiger charge is 2.38. The summed E-state index contributed by atoms with van der Waals surface area (Å²) in [4.78, 5) is 33.0. The summed E-state index contributed by atoms with van der Waals surface area (Å²) in [5, 5.41) is 6.30. The molecule has 0 unspecified atom stereocenters. The van der Waals surface area contributed by atoms with E-state index in [0.717, 1.165) is 48.2 Å². The Balaban J connectivity index is 1.72. The van der Waals surface area contributed by atoms with Gasteiger partial charge in [-0.2, -0.15) is 4.98 Å². The van der Waals surface area contributed by atoms with Crippen molar-refractivity contribution < 1.29 is 9.53 Å². The lowest BCUT2D eigenvalue weighted by atomic mass is 9.91. The normalized spacial score (nSPS) is 13.8. The molecule has 3 heterocycles. The molecule has 1 amide bonds. The predicted molar refractivity (Wildman–Crippen MR) is 167 cm³/mol. The number of fused-ring (bicyclic) bond motifs is 1. The Labute approximate surface area is 243 Å². The van der Waals surface area contributed by atoms with Gasteiger partial charge in [-0.05, 0) is 65.2 Å². The SMILES string of the molecule is C=CC(=O)Nc1cc(Nc2nccc(N3CC(C)(C)c4nc(C)ccc43)n2)c(OC(C)C)cc1N(C)CCN(C)C. The molecule has 41 heavy (non-hydrogen) atoms. The maximum atomic E-state index is 12.4. The fourth-order valence-electron chi connectivity index (χ4n) is 4.79. The zero-order valence-electron chi connectivity index (χ0n) is 25.4. The van der Waals surface area contributed by atoms with Crippen molar-refractivity contribution in [1.29, 1.82) is 0 Å². The second kappa shape index (κ2) is 12.1. The van der Waals surface area contributed by atoms with Gasteiger partial charge in [-0.1, -0.05) is 20.4 Å². The molecule has 0 spiro atoms. The van der Waals surface area contributed by atoms with Crippen LogP contribution in [0.3, 0.4) is 0 Å². The van der Waals surface area contributed by atoms with Crippen LogP contribution in [-0.2, 0) is 10.2 Å². The van der Waals surface area contributed by atoms with Crippen molar-refractivity contribution in [2.24, 2.45) is 0 Å². The number of nitrogens with one attached hydrogen (secondary N) is 2. The van der Waals surface area contributed by atoms with Crippen LogP contribution in [0.2, 0.25) is 0 Å². The molecule has 4 rings (SSSR count). The second-order valence-corrected chi connectivity index (χ2v) is 11.6. The first-order valence-electron chi connectivity index (χ1n) is 13.9. The number of benzene rings is 1. The van der Waals surface area contributed by atoms with Crippen molar-refractivity contribution in [3.05, 3.63) is 60.6 Å². The van der Waals surface area contributed by atoms with E-state index < -0.39 is 0 Å². The highest BCUT2D eigenvalue weighted by molar-refractivity contribution is 6.02. The molecule has 218 valence electrons. The van der Waals surface area contributed by atoms with Crippen molar-refractivity contribution in [3.8, 4) is 5.75 Å². The molecule has 0 aliphatic carbocycles. The van der Waals surface area contributed by atoms with Crippen LogP contribution >= 0.6 is 0 Å². The minimum atomic E-state index is -0.298. The Bertz CT molecular complexity index is 1420. The van der Waals surface area contributed by atoms with Crippen LogP contribution in [-0.4, -0.2) is 72.6 Å². The Kier molecular flexibility index (Phi) is 8.82. The quantitative estimate of drug-likeness (QED) is 0.305. The molecule has 0 fully saturated rings. The number of nitrogens with zero attached hydrogens (tertiary/aromatic N) is 6. The summed E-state index contributed by atoms with van der Waals surface area (Å²) in [5.74, 6) is 1.52. The highest BCUT2D eigenvalue weighted by atomic mass is 16.5. The van der Waals surface area contributed by atoms with Gasteiger partial charge in [0.05, 0.1) is 34.5 Å². The zero-order valence-corrected chi connectivity index (χ0v) is 25.4. The molecule has 0 atom stereocenters. The third kappa shape index (κ3) is 6.94. The van der Waals surface area contributed by atoms with Crippen LogP contribution in [0.1, 0.15) is 39.1 Å². The van der Waals surface area contributed by atoms with Crippen LogP contribution in [0, 0.1) is 6.92 Å². The van der Waals surface area contributed by atoms with E-state index in [1.807, 2.05) is 66.2 Å². The zero-order chi connectivity index (χ0) is 29.9. The van der Waals surface area contributed by atoms with Gasteiger partial charge < -0.3 is 30.1 Å². The van der Waals surface area contributed by atoms with E-state index >= 15 is 0 Å². The van der Waals surface area contributed by atoms with E-state index in [1.165, 1.54) is 6.08 Å². The van der Waals surface area contributed by atoms with E-state index in [9.17, 15) is 4.79 Å². The number of pyridine rings is 1. The number of carbonyl (C=O) groups is 1. The Morgan fingerprint density at radius 1 is 1.15 bits per heavy atom. The van der Waals surface area contributed by atoms with E-state index in [1.54, 1.807) is 6.20 Å². The number of anilines is 6. The van der Waals surface area contributed by atoms with Gasteiger partial charge >= 0.3 is 0 Å². The number of carbonyl (C=O) groups excluding carboxylic acids is 1. The third-order valence-corrected chi connectivity index (χ3v) is 6.86. The van der Waals surface area contributed by atoms with Gasteiger partial charge in [-0.15, -0.1) is 0 Å². The molecule has 1 aromatic carbocycles. The summed E-state index contributed by atoms with van der Waals surface area (Å²) in [6.45, 7) is 16.3. The first-order chi connectivity index (χ1) is 19.4. The van der Waals surface area contributed by atoms with Gasteiger partial charge in [0.15, 0.2) is 0 Å². The van der Waals surface area contributed by atoms with E-state index in [4.69, 9.17) is 14.7 Å². The van der Waals surface area contributed by atoms with Gasteiger partial charge in [0.2, 0.25) is 11.9 Å². The van der Waals surface area contributed by atoms with Gasteiger partial charge in [-0.25, -0.2) is 4.98 Å². The van der Waals surface area contributed by atoms with E-state index in [-0.39, 0.29) is 17.4 Å². The first kappa shape index (κ1) is 29.8. The smallest absolute Gasteiger partial charge is 0.247 e. The maximum Gasteiger partial charge on any atom is 0.247 e. The Hall–Kier alpha value is -4.18. The van der Waals surface area contributed by atoms with Crippen LogP contribution in [0.4, 0.5) is 34.5 Å². The highest BCUT2D eigenvalue weighted by Crippen LogP contribution is 2.43.